The van der Waals surface area contributed by atoms with Gasteiger partial charge in [0, 0.05) is 0 Å². The second-order valence-corrected chi connectivity index (χ2v) is 5.11. The highest BCUT2D eigenvalue weighted by Crippen LogP contribution is 1.94. The predicted octanol–water partition coefficient (Wildman–Crippen LogP) is 0.446. The van der Waals surface area contributed by atoms with Crippen LogP contribution >= 0.6 is 0 Å². The molecule has 2 N–H and O–H groups in total. The molecule has 56 valence electrons. The molecule has 3 heteroatoms. The molecule has 0 aromatic carbocycles. The zero-order chi connectivity index (χ0) is 7.11. The van der Waals surface area contributed by atoms with Gasteiger partial charge in [-0.05, 0) is 20.1 Å². The lowest BCUT2D eigenvalue weighted by Gasteiger charge is -2.10. The summed E-state index contributed by atoms with van der Waals surface area (Å²) in [6.45, 7) is 2.23. The molecule has 0 saturated carbocycles. The van der Waals surface area contributed by atoms with Crippen molar-refractivity contribution in [3.05, 3.63) is 0 Å². The Morgan fingerprint density at radius 2 is 1.78 bits per heavy atom. The van der Waals surface area contributed by atoms with Gasteiger partial charge in [0.15, 0.2) is 9.12 Å². The van der Waals surface area contributed by atoms with E-state index < -0.39 is 9.12 Å². The maximum absolute atomic E-state index is 3.31. The van der Waals surface area contributed by atoms with Crippen molar-refractivity contribution in [3.8, 4) is 0 Å². The van der Waals surface area contributed by atoms with Crippen LogP contribution < -0.4 is 9.96 Å². The molecule has 0 aromatic rings. The van der Waals surface area contributed by atoms with Crippen LogP contribution in [0.15, 0.2) is 0 Å². The minimum atomic E-state index is -0.710. The first-order valence-corrected chi connectivity index (χ1v) is 5.66. The van der Waals surface area contributed by atoms with Crippen molar-refractivity contribution < 1.29 is 0 Å². The van der Waals surface area contributed by atoms with Gasteiger partial charge in [-0.1, -0.05) is 19.8 Å². The summed E-state index contributed by atoms with van der Waals surface area (Å²) in [5.41, 5.74) is 0. The molecule has 0 amide bonds. The van der Waals surface area contributed by atoms with E-state index in [0.717, 1.165) is 0 Å². The zero-order valence-electron chi connectivity index (χ0n) is 6.70. The molecule has 2 nitrogen and oxygen atoms in total. The standard InChI is InChI=1S/C6H18N2Si/c1-4-5-6-9(7-2)8-3/h7-9H,4-6H2,1-3H3. The molecule has 0 spiro atoms. The van der Waals surface area contributed by atoms with Gasteiger partial charge in [-0.3, -0.25) is 0 Å². The predicted molar refractivity (Wildman–Crippen MR) is 45.0 cm³/mol. The lowest BCUT2D eigenvalue weighted by Crippen LogP contribution is -2.42. The molecule has 0 atom stereocenters. The van der Waals surface area contributed by atoms with E-state index in [1.165, 1.54) is 18.9 Å². The van der Waals surface area contributed by atoms with Crippen LogP contribution in [0.1, 0.15) is 19.8 Å². The highest BCUT2D eigenvalue weighted by atomic mass is 28.3. The summed E-state index contributed by atoms with van der Waals surface area (Å²) in [6, 6.07) is 1.36. The third-order valence-corrected chi connectivity index (χ3v) is 3.92. The fourth-order valence-corrected chi connectivity index (χ4v) is 2.52. The molecule has 9 heavy (non-hydrogen) atoms. The van der Waals surface area contributed by atoms with Gasteiger partial charge < -0.3 is 9.96 Å². The van der Waals surface area contributed by atoms with Crippen LogP contribution in [0.25, 0.3) is 0 Å². The number of hydrogen-bond acceptors (Lipinski definition) is 2. The van der Waals surface area contributed by atoms with E-state index >= 15 is 0 Å². The molecular weight excluding hydrogens is 128 g/mol. The SMILES string of the molecule is CCCC[SiH](NC)NC. The van der Waals surface area contributed by atoms with Crippen LogP contribution in [0.4, 0.5) is 0 Å². The second kappa shape index (κ2) is 6.26. The molecule has 0 rings (SSSR count). The van der Waals surface area contributed by atoms with E-state index in [-0.39, 0.29) is 0 Å². The zero-order valence-corrected chi connectivity index (χ0v) is 7.85. The Bertz CT molecular complexity index is 55.0. The van der Waals surface area contributed by atoms with Crippen molar-refractivity contribution in [2.45, 2.75) is 25.8 Å². The monoisotopic (exact) mass is 146 g/mol. The lowest BCUT2D eigenvalue weighted by molar-refractivity contribution is 0.850. The van der Waals surface area contributed by atoms with Gasteiger partial charge in [-0.15, -0.1) is 0 Å². The second-order valence-electron chi connectivity index (χ2n) is 2.27. The van der Waals surface area contributed by atoms with Crippen LogP contribution in [0.2, 0.25) is 6.04 Å². The number of nitrogens with one attached hydrogen (secondary N) is 2. The molecule has 0 aliphatic carbocycles. The van der Waals surface area contributed by atoms with E-state index in [4.69, 9.17) is 0 Å². The molecule has 0 bridgehead atoms. The summed E-state index contributed by atoms with van der Waals surface area (Å²) in [5, 5.41) is 0. The van der Waals surface area contributed by atoms with E-state index in [9.17, 15) is 0 Å². The largest absolute Gasteiger partial charge is 0.331 e. The van der Waals surface area contributed by atoms with E-state index in [1.807, 2.05) is 14.1 Å². The average Bonchev–Trinajstić information content (AvgIpc) is 1.91. The maximum Gasteiger partial charge on any atom is 0.184 e. The highest BCUT2D eigenvalue weighted by molar-refractivity contribution is 6.52. The molecule has 0 aliphatic rings. The minimum absolute atomic E-state index is 0.710. The Balaban J connectivity index is 3.09. The summed E-state index contributed by atoms with van der Waals surface area (Å²) < 4.78 is 0. The van der Waals surface area contributed by atoms with Gasteiger partial charge in [0.25, 0.3) is 0 Å². The van der Waals surface area contributed by atoms with Crippen molar-refractivity contribution in [2.75, 3.05) is 14.1 Å². The minimum Gasteiger partial charge on any atom is -0.331 e. The quantitative estimate of drug-likeness (QED) is 0.550. The molecule has 0 heterocycles. The van der Waals surface area contributed by atoms with Crippen molar-refractivity contribution in [1.29, 1.82) is 0 Å². The third kappa shape index (κ3) is 4.63. The average molecular weight is 146 g/mol. The fraction of sp³-hybridized carbons (Fsp3) is 1.00. The Hall–Kier alpha value is 0.137. The topological polar surface area (TPSA) is 24.1 Å². The Labute approximate surface area is 59.8 Å². The summed E-state index contributed by atoms with van der Waals surface area (Å²) in [6.07, 6.45) is 2.67. The van der Waals surface area contributed by atoms with Gasteiger partial charge in [-0.25, -0.2) is 0 Å². The van der Waals surface area contributed by atoms with Crippen LogP contribution in [0.3, 0.4) is 0 Å². The van der Waals surface area contributed by atoms with Crippen LogP contribution in [-0.4, -0.2) is 23.2 Å². The Kier molecular flexibility index (Phi) is 6.35. The molecule has 0 aliphatic heterocycles. The smallest absolute Gasteiger partial charge is 0.184 e. The first-order chi connectivity index (χ1) is 4.35. The first kappa shape index (κ1) is 9.14. The first-order valence-electron chi connectivity index (χ1n) is 3.69. The summed E-state index contributed by atoms with van der Waals surface area (Å²) in [7, 11) is 3.38. The van der Waals surface area contributed by atoms with Crippen molar-refractivity contribution in [3.63, 3.8) is 0 Å². The Morgan fingerprint density at radius 3 is 2.11 bits per heavy atom. The maximum atomic E-state index is 3.31. The number of rotatable bonds is 5. The lowest BCUT2D eigenvalue weighted by atomic mass is 10.4. The molecule has 0 aromatic heterocycles. The van der Waals surface area contributed by atoms with E-state index in [1.54, 1.807) is 0 Å². The summed E-state index contributed by atoms with van der Waals surface area (Å²) >= 11 is 0. The van der Waals surface area contributed by atoms with E-state index in [2.05, 4.69) is 16.9 Å². The van der Waals surface area contributed by atoms with Gasteiger partial charge in [0.05, 0.1) is 0 Å². The summed E-state index contributed by atoms with van der Waals surface area (Å²) in [5.74, 6) is 0. The van der Waals surface area contributed by atoms with Crippen LogP contribution in [-0.2, 0) is 0 Å². The van der Waals surface area contributed by atoms with Gasteiger partial charge in [0.2, 0.25) is 0 Å². The van der Waals surface area contributed by atoms with Crippen molar-refractivity contribution >= 4 is 9.12 Å². The van der Waals surface area contributed by atoms with Crippen molar-refractivity contribution in [2.24, 2.45) is 0 Å². The van der Waals surface area contributed by atoms with Crippen LogP contribution in [0.5, 0.6) is 0 Å². The number of hydrogen-bond donors (Lipinski definition) is 2. The van der Waals surface area contributed by atoms with Gasteiger partial charge in [0.1, 0.15) is 0 Å². The molecule has 0 saturated heterocycles. The molecule has 0 unspecified atom stereocenters. The van der Waals surface area contributed by atoms with E-state index in [0.29, 0.717) is 0 Å². The van der Waals surface area contributed by atoms with Gasteiger partial charge >= 0.3 is 0 Å². The fourth-order valence-electron chi connectivity index (χ4n) is 0.841. The normalized spacial score (nSPS) is 10.7. The number of unbranched alkanes of at least 4 members (excludes halogenated alkanes) is 1. The molecule has 0 fully saturated rings. The van der Waals surface area contributed by atoms with Crippen molar-refractivity contribution in [1.82, 2.24) is 9.96 Å². The molecule has 0 radical (unpaired) electrons. The van der Waals surface area contributed by atoms with Crippen LogP contribution in [0, 0.1) is 0 Å². The summed E-state index contributed by atoms with van der Waals surface area (Å²) in [4.78, 5) is 6.63. The Morgan fingerprint density at radius 1 is 1.22 bits per heavy atom. The van der Waals surface area contributed by atoms with Gasteiger partial charge in [-0.2, -0.15) is 0 Å². The molecular formula is C6H18N2Si. The highest BCUT2D eigenvalue weighted by Gasteiger charge is 2.01. The third-order valence-electron chi connectivity index (χ3n) is 1.54.